The number of benzene rings is 1. The van der Waals surface area contributed by atoms with Crippen LogP contribution in [0.5, 0.6) is 11.5 Å². The van der Waals surface area contributed by atoms with Gasteiger partial charge in [0.05, 0.1) is 19.3 Å². The Hall–Kier alpha value is -1.40. The molecule has 0 fully saturated rings. The zero-order valence-electron chi connectivity index (χ0n) is 7.38. The van der Waals surface area contributed by atoms with Crippen LogP contribution in [0.1, 0.15) is 5.56 Å². The third kappa shape index (κ3) is 1.75. The first kappa shape index (κ1) is 10.7. The normalized spacial score (nSPS) is 10.3. The van der Waals surface area contributed by atoms with Crippen molar-refractivity contribution in [2.75, 3.05) is 7.11 Å². The van der Waals surface area contributed by atoms with Gasteiger partial charge in [0.15, 0.2) is 17.3 Å². The Bertz CT molecular complexity index is 344. The summed E-state index contributed by atoms with van der Waals surface area (Å²) in [5.41, 5.74) is -0.245. The molecule has 0 aromatic heterocycles. The predicted octanol–water partition coefficient (Wildman–Crippen LogP) is 1.07. The number of nitrogens with two attached hydrogens (primary N) is 1. The van der Waals surface area contributed by atoms with Crippen LogP contribution < -0.4 is 10.6 Å². The van der Waals surface area contributed by atoms with Gasteiger partial charge in [-0.1, -0.05) is 0 Å². The molecule has 0 saturated carbocycles. The molecule has 0 spiro atoms. The number of hydrogen-bond donors (Lipinski definition) is 2. The average Bonchev–Trinajstić information content (AvgIpc) is 2.12. The Morgan fingerprint density at radius 2 is 2.07 bits per heavy atom. The van der Waals surface area contributed by atoms with E-state index in [2.05, 4.69) is 9.57 Å². The van der Waals surface area contributed by atoms with Gasteiger partial charge in [0.2, 0.25) is 0 Å². The SMILES string of the molecule is COc1c(F)cc(F)c(CON)c1O. The highest BCUT2D eigenvalue weighted by Gasteiger charge is 2.18. The van der Waals surface area contributed by atoms with Gasteiger partial charge in [-0.3, -0.25) is 4.84 Å². The maximum absolute atomic E-state index is 13.0. The van der Waals surface area contributed by atoms with E-state index in [9.17, 15) is 13.9 Å². The molecule has 0 aliphatic heterocycles. The molecule has 6 heteroatoms. The molecule has 0 amide bonds. The number of aromatic hydroxyl groups is 1. The third-order valence-corrected chi connectivity index (χ3v) is 1.69. The summed E-state index contributed by atoms with van der Waals surface area (Å²) in [4.78, 5) is 4.15. The van der Waals surface area contributed by atoms with E-state index < -0.39 is 23.1 Å². The minimum absolute atomic E-state index is 0.245. The fourth-order valence-corrected chi connectivity index (χ4v) is 1.04. The maximum atomic E-state index is 13.0. The van der Waals surface area contributed by atoms with Crippen molar-refractivity contribution >= 4 is 0 Å². The molecule has 0 atom stereocenters. The van der Waals surface area contributed by atoms with Crippen molar-refractivity contribution in [3.05, 3.63) is 23.3 Å². The zero-order valence-corrected chi connectivity index (χ0v) is 7.38. The van der Waals surface area contributed by atoms with Crippen molar-refractivity contribution in [2.24, 2.45) is 5.90 Å². The monoisotopic (exact) mass is 205 g/mol. The Kier molecular flexibility index (Phi) is 3.21. The van der Waals surface area contributed by atoms with Gasteiger partial charge in [-0.15, -0.1) is 0 Å². The Morgan fingerprint density at radius 3 is 2.57 bits per heavy atom. The summed E-state index contributed by atoms with van der Waals surface area (Å²) in [6.45, 7) is -0.367. The molecule has 0 bridgehead atoms. The fraction of sp³-hybridized carbons (Fsp3) is 0.250. The van der Waals surface area contributed by atoms with Crippen molar-refractivity contribution in [1.82, 2.24) is 0 Å². The highest BCUT2D eigenvalue weighted by molar-refractivity contribution is 5.46. The van der Waals surface area contributed by atoms with Crippen LogP contribution in [0, 0.1) is 11.6 Å². The minimum atomic E-state index is -0.983. The lowest BCUT2D eigenvalue weighted by molar-refractivity contribution is 0.119. The van der Waals surface area contributed by atoms with E-state index in [0.29, 0.717) is 6.07 Å². The topological polar surface area (TPSA) is 64.7 Å². The molecule has 14 heavy (non-hydrogen) atoms. The van der Waals surface area contributed by atoms with E-state index in [0.717, 1.165) is 7.11 Å². The summed E-state index contributed by atoms with van der Waals surface area (Å²) < 4.78 is 30.5. The minimum Gasteiger partial charge on any atom is -0.504 e. The quantitative estimate of drug-likeness (QED) is 0.724. The van der Waals surface area contributed by atoms with Crippen LogP contribution in [0.3, 0.4) is 0 Å². The average molecular weight is 205 g/mol. The van der Waals surface area contributed by atoms with Gasteiger partial charge in [0.25, 0.3) is 0 Å². The Labute approximate surface area is 78.8 Å². The van der Waals surface area contributed by atoms with Gasteiger partial charge in [-0.25, -0.2) is 14.7 Å². The first-order valence-electron chi connectivity index (χ1n) is 3.67. The summed E-state index contributed by atoms with van der Waals surface area (Å²) in [5, 5.41) is 9.34. The number of methoxy groups -OCH3 is 1. The van der Waals surface area contributed by atoms with E-state index in [4.69, 9.17) is 5.90 Å². The van der Waals surface area contributed by atoms with Crippen LogP contribution >= 0.6 is 0 Å². The molecule has 0 aliphatic carbocycles. The van der Waals surface area contributed by atoms with Gasteiger partial charge >= 0.3 is 0 Å². The number of halogens is 2. The predicted molar refractivity (Wildman–Crippen MR) is 43.6 cm³/mol. The molecular weight excluding hydrogens is 196 g/mol. The molecule has 1 aromatic rings. The number of hydrogen-bond acceptors (Lipinski definition) is 4. The van der Waals surface area contributed by atoms with Gasteiger partial charge in [-0.05, 0) is 0 Å². The summed E-state index contributed by atoms with van der Waals surface area (Å²) >= 11 is 0. The summed E-state index contributed by atoms with van der Waals surface area (Å²) in [6.07, 6.45) is 0. The van der Waals surface area contributed by atoms with E-state index in [1.165, 1.54) is 0 Å². The second-order valence-corrected chi connectivity index (χ2v) is 2.51. The van der Waals surface area contributed by atoms with Gasteiger partial charge in [0.1, 0.15) is 5.82 Å². The molecule has 4 nitrogen and oxygen atoms in total. The summed E-state index contributed by atoms with van der Waals surface area (Å²) in [7, 11) is 1.16. The Morgan fingerprint density at radius 1 is 1.43 bits per heavy atom. The lowest BCUT2D eigenvalue weighted by Crippen LogP contribution is -2.03. The fourth-order valence-electron chi connectivity index (χ4n) is 1.04. The van der Waals surface area contributed by atoms with Crippen molar-refractivity contribution in [3.63, 3.8) is 0 Å². The highest BCUT2D eigenvalue weighted by Crippen LogP contribution is 2.34. The zero-order chi connectivity index (χ0) is 10.7. The maximum Gasteiger partial charge on any atom is 0.197 e. The molecule has 0 heterocycles. The first-order chi connectivity index (χ1) is 6.61. The Balaban J connectivity index is 3.28. The van der Waals surface area contributed by atoms with Crippen LogP contribution in [-0.4, -0.2) is 12.2 Å². The van der Waals surface area contributed by atoms with Crippen LogP contribution in [0.15, 0.2) is 6.07 Å². The first-order valence-corrected chi connectivity index (χ1v) is 3.67. The molecular formula is C8H9F2NO3. The number of ether oxygens (including phenoxy) is 1. The van der Waals surface area contributed by atoms with Crippen LogP contribution in [0.25, 0.3) is 0 Å². The van der Waals surface area contributed by atoms with Gasteiger partial charge in [-0.2, -0.15) is 0 Å². The van der Waals surface area contributed by atoms with E-state index >= 15 is 0 Å². The van der Waals surface area contributed by atoms with Crippen molar-refractivity contribution < 1.29 is 23.5 Å². The lowest BCUT2D eigenvalue weighted by Gasteiger charge is -2.09. The van der Waals surface area contributed by atoms with Crippen LogP contribution in [0.4, 0.5) is 8.78 Å². The summed E-state index contributed by atoms with van der Waals surface area (Å²) in [5.74, 6) is 1.72. The molecule has 0 unspecified atom stereocenters. The van der Waals surface area contributed by atoms with Gasteiger partial charge < -0.3 is 9.84 Å². The molecule has 3 N–H and O–H groups in total. The largest absolute Gasteiger partial charge is 0.504 e. The third-order valence-electron chi connectivity index (χ3n) is 1.69. The van der Waals surface area contributed by atoms with Crippen molar-refractivity contribution in [3.8, 4) is 11.5 Å². The number of phenolic OH excluding ortho intramolecular Hbond substituents is 1. The van der Waals surface area contributed by atoms with Gasteiger partial charge in [0, 0.05) is 6.07 Å². The lowest BCUT2D eigenvalue weighted by atomic mass is 10.1. The number of rotatable bonds is 3. The second-order valence-electron chi connectivity index (χ2n) is 2.51. The highest BCUT2D eigenvalue weighted by atomic mass is 19.1. The van der Waals surface area contributed by atoms with E-state index in [1.54, 1.807) is 0 Å². The van der Waals surface area contributed by atoms with Crippen molar-refractivity contribution in [2.45, 2.75) is 6.61 Å². The van der Waals surface area contributed by atoms with E-state index in [-0.39, 0.29) is 12.2 Å². The molecule has 1 aromatic carbocycles. The smallest absolute Gasteiger partial charge is 0.197 e. The van der Waals surface area contributed by atoms with Crippen LogP contribution in [0.2, 0.25) is 0 Å². The molecule has 1 rings (SSSR count). The standard InChI is InChI=1S/C8H9F2NO3/c1-13-8-6(10)2-5(9)4(3-14-11)7(8)12/h2,12H,3,11H2,1H3. The molecule has 78 valence electrons. The molecule has 0 saturated heterocycles. The summed E-state index contributed by atoms with van der Waals surface area (Å²) in [6, 6.07) is 0.590. The van der Waals surface area contributed by atoms with Crippen LogP contribution in [-0.2, 0) is 11.4 Å². The molecule has 0 aliphatic rings. The number of phenols is 1. The van der Waals surface area contributed by atoms with E-state index in [1.807, 2.05) is 0 Å². The van der Waals surface area contributed by atoms with Crippen molar-refractivity contribution in [1.29, 1.82) is 0 Å². The molecule has 0 radical (unpaired) electrons. The second kappa shape index (κ2) is 4.21.